The van der Waals surface area contributed by atoms with Crippen molar-refractivity contribution in [1.29, 1.82) is 0 Å². The lowest BCUT2D eigenvalue weighted by atomic mass is 9.48. The van der Waals surface area contributed by atoms with E-state index in [2.05, 4.69) is 0 Å². The van der Waals surface area contributed by atoms with Crippen LogP contribution in [0.1, 0.15) is 33.1 Å². The highest BCUT2D eigenvalue weighted by Gasteiger charge is 2.72. The summed E-state index contributed by atoms with van der Waals surface area (Å²) in [6, 6.07) is 0. The Kier molecular flexibility index (Phi) is 4.34. The Labute approximate surface area is 174 Å². The van der Waals surface area contributed by atoms with Crippen molar-refractivity contribution in [1.82, 2.24) is 0 Å². The van der Waals surface area contributed by atoms with E-state index in [-0.39, 0.29) is 29.3 Å². The molecule has 2 saturated carbocycles. The van der Waals surface area contributed by atoms with E-state index < -0.39 is 26.7 Å². The molecule has 0 amide bonds. The number of rotatable bonds is 2. The van der Waals surface area contributed by atoms with Gasteiger partial charge in [-0.25, -0.2) is 0 Å². The maximum atomic E-state index is 12.5. The molecule has 1 N–H and O–H groups in total. The molecule has 7 atom stereocenters. The quantitative estimate of drug-likeness (QED) is 0.670. The van der Waals surface area contributed by atoms with Crippen molar-refractivity contribution < 1.29 is 14.7 Å². The van der Waals surface area contributed by atoms with Crippen molar-refractivity contribution in [3.8, 4) is 0 Å². The summed E-state index contributed by atoms with van der Waals surface area (Å²) in [5.41, 5.74) is -1.90. The minimum Gasteiger partial charge on any atom is -0.381 e. The van der Waals surface area contributed by atoms with Gasteiger partial charge < -0.3 is 5.11 Å². The van der Waals surface area contributed by atoms with Crippen LogP contribution in [-0.2, 0) is 9.59 Å². The fourth-order valence-corrected chi connectivity index (χ4v) is 7.57. The minimum atomic E-state index is -1.48. The van der Waals surface area contributed by atoms with E-state index in [0.717, 1.165) is 5.57 Å². The van der Waals surface area contributed by atoms with Crippen molar-refractivity contribution in [3.05, 3.63) is 36.0 Å². The van der Waals surface area contributed by atoms with Gasteiger partial charge in [0.25, 0.3) is 0 Å². The predicted octanol–water partition coefficient (Wildman–Crippen LogP) is 4.19. The molecule has 146 valence electrons. The standard InChI is InChI=1S/C21H23Cl3O3/c1-18-7-5-13(25)9-12(18)3-4-15-14-6-8-20(27,17(26)11-22)19(14,2)10-16(23)21(15,18)24/h3-5,7,9,14-16,27H,6,8,10-11H2,1-2H3/t14-,15-,16?,18-,19-,20-,21-/m0/s1. The van der Waals surface area contributed by atoms with Gasteiger partial charge in [0.2, 0.25) is 0 Å². The summed E-state index contributed by atoms with van der Waals surface area (Å²) in [4.78, 5) is 23.6. The maximum absolute atomic E-state index is 12.5. The van der Waals surface area contributed by atoms with Gasteiger partial charge in [-0.3, -0.25) is 9.59 Å². The zero-order valence-electron chi connectivity index (χ0n) is 15.3. The molecule has 27 heavy (non-hydrogen) atoms. The van der Waals surface area contributed by atoms with Gasteiger partial charge in [-0.05, 0) is 42.9 Å². The van der Waals surface area contributed by atoms with Crippen LogP contribution in [0.15, 0.2) is 36.0 Å². The summed E-state index contributed by atoms with van der Waals surface area (Å²) in [6.45, 7) is 3.97. The highest BCUT2D eigenvalue weighted by Crippen LogP contribution is 2.70. The molecule has 0 bridgehead atoms. The molecule has 4 aliphatic carbocycles. The third kappa shape index (κ3) is 2.20. The minimum absolute atomic E-state index is 0.00261. The second-order valence-corrected chi connectivity index (χ2v) is 10.3. The van der Waals surface area contributed by atoms with Gasteiger partial charge in [0.05, 0.1) is 16.1 Å². The Morgan fingerprint density at radius 3 is 2.70 bits per heavy atom. The summed E-state index contributed by atoms with van der Waals surface area (Å²) in [7, 11) is 0. The SMILES string of the molecule is C[C@]12C=CC(=O)C=C1C=C[C@H]1[C@@H]3CC[C@](O)(C(=O)CCl)[C@@]3(C)CC(Cl)[C@@]12Cl. The Morgan fingerprint density at radius 1 is 1.33 bits per heavy atom. The summed E-state index contributed by atoms with van der Waals surface area (Å²) in [5.74, 6) is -0.732. The Morgan fingerprint density at radius 2 is 2.04 bits per heavy atom. The van der Waals surface area contributed by atoms with Gasteiger partial charge in [-0.15, -0.1) is 34.8 Å². The number of carbonyl (C=O) groups is 2. The van der Waals surface area contributed by atoms with Crippen LogP contribution < -0.4 is 0 Å². The van der Waals surface area contributed by atoms with Crippen LogP contribution in [0.4, 0.5) is 0 Å². The zero-order valence-corrected chi connectivity index (χ0v) is 17.6. The molecule has 2 fully saturated rings. The summed E-state index contributed by atoms with van der Waals surface area (Å²) < 4.78 is 0. The van der Waals surface area contributed by atoms with Crippen molar-refractivity contribution in [2.24, 2.45) is 22.7 Å². The lowest BCUT2D eigenvalue weighted by molar-refractivity contribution is -0.154. The lowest BCUT2D eigenvalue weighted by Crippen LogP contribution is -2.66. The summed E-state index contributed by atoms with van der Waals surface area (Å²) in [6.07, 6.45) is 10.5. The van der Waals surface area contributed by atoms with Crippen molar-refractivity contribution in [2.45, 2.75) is 49.0 Å². The van der Waals surface area contributed by atoms with E-state index in [1.807, 2.05) is 32.1 Å². The molecule has 4 rings (SSSR count). The predicted molar refractivity (Wildman–Crippen MR) is 107 cm³/mol. The van der Waals surface area contributed by atoms with Crippen LogP contribution >= 0.6 is 34.8 Å². The monoisotopic (exact) mass is 428 g/mol. The number of fused-ring (bicyclic) bond motifs is 5. The lowest BCUT2D eigenvalue weighted by Gasteiger charge is -2.62. The second kappa shape index (κ2) is 5.95. The van der Waals surface area contributed by atoms with Gasteiger partial charge in [0.15, 0.2) is 11.6 Å². The number of ketones is 2. The molecule has 0 aromatic rings. The second-order valence-electron chi connectivity index (χ2n) is 8.84. The molecule has 0 radical (unpaired) electrons. The Bertz CT molecular complexity index is 817. The van der Waals surface area contributed by atoms with Crippen molar-refractivity contribution >= 4 is 46.4 Å². The van der Waals surface area contributed by atoms with Gasteiger partial charge >= 0.3 is 0 Å². The molecule has 4 aliphatic rings. The number of halogens is 3. The highest BCUT2D eigenvalue weighted by molar-refractivity contribution is 6.34. The first-order valence-electron chi connectivity index (χ1n) is 9.33. The van der Waals surface area contributed by atoms with E-state index >= 15 is 0 Å². The van der Waals surface area contributed by atoms with Gasteiger partial charge in [-0.1, -0.05) is 32.1 Å². The topological polar surface area (TPSA) is 54.4 Å². The molecule has 0 aromatic heterocycles. The first kappa shape index (κ1) is 19.7. The number of carbonyl (C=O) groups excluding carboxylic acids is 2. The fourth-order valence-electron chi connectivity index (χ4n) is 6.18. The van der Waals surface area contributed by atoms with Crippen LogP contribution in [0.3, 0.4) is 0 Å². The molecule has 0 aromatic carbocycles. The van der Waals surface area contributed by atoms with Crippen LogP contribution in [0.5, 0.6) is 0 Å². The van der Waals surface area contributed by atoms with E-state index in [1.165, 1.54) is 0 Å². The molecule has 0 aliphatic heterocycles. The molecular weight excluding hydrogens is 407 g/mol. The Hall–Kier alpha value is -0.610. The van der Waals surface area contributed by atoms with E-state index in [0.29, 0.717) is 19.3 Å². The van der Waals surface area contributed by atoms with Gasteiger partial charge in [0.1, 0.15) is 5.60 Å². The number of alkyl halides is 3. The van der Waals surface area contributed by atoms with Crippen LogP contribution in [0.25, 0.3) is 0 Å². The van der Waals surface area contributed by atoms with Crippen molar-refractivity contribution in [2.75, 3.05) is 5.88 Å². The van der Waals surface area contributed by atoms with Crippen LogP contribution in [0.2, 0.25) is 0 Å². The number of aliphatic hydroxyl groups is 1. The molecule has 0 saturated heterocycles. The van der Waals surface area contributed by atoms with E-state index in [9.17, 15) is 14.7 Å². The van der Waals surface area contributed by atoms with Gasteiger partial charge in [-0.2, -0.15) is 0 Å². The fraction of sp³-hybridized carbons (Fsp3) is 0.619. The number of hydrogen-bond donors (Lipinski definition) is 1. The average Bonchev–Trinajstić information content (AvgIpc) is 2.88. The first-order chi connectivity index (χ1) is 12.5. The molecule has 0 heterocycles. The van der Waals surface area contributed by atoms with E-state index in [1.54, 1.807) is 12.2 Å². The maximum Gasteiger partial charge on any atom is 0.179 e. The highest BCUT2D eigenvalue weighted by atomic mass is 35.5. The smallest absolute Gasteiger partial charge is 0.179 e. The van der Waals surface area contributed by atoms with Gasteiger partial charge in [0, 0.05) is 16.7 Å². The average molecular weight is 430 g/mol. The first-order valence-corrected chi connectivity index (χ1v) is 10.7. The zero-order chi connectivity index (χ0) is 19.8. The third-order valence-corrected chi connectivity index (χ3v) is 9.66. The van der Waals surface area contributed by atoms with E-state index in [4.69, 9.17) is 34.8 Å². The van der Waals surface area contributed by atoms with Crippen molar-refractivity contribution in [3.63, 3.8) is 0 Å². The molecule has 3 nitrogen and oxygen atoms in total. The molecule has 6 heteroatoms. The van der Waals surface area contributed by atoms with Crippen LogP contribution in [-0.4, -0.2) is 38.4 Å². The Balaban J connectivity index is 1.86. The van der Waals surface area contributed by atoms with Crippen LogP contribution in [0, 0.1) is 22.7 Å². The normalized spacial score (nSPS) is 50.7. The summed E-state index contributed by atoms with van der Waals surface area (Å²) >= 11 is 20.1. The molecule has 1 unspecified atom stereocenters. The number of Topliss-reactive ketones (excluding diaryl/α,β-unsaturated/α-hetero) is 1. The third-order valence-electron chi connectivity index (χ3n) is 7.90. The number of hydrogen-bond acceptors (Lipinski definition) is 3. The summed E-state index contributed by atoms with van der Waals surface area (Å²) in [5, 5.41) is 10.8. The molecule has 0 spiro atoms. The number of allylic oxidation sites excluding steroid dienone is 6. The molecular formula is C21H23Cl3O3. The largest absolute Gasteiger partial charge is 0.381 e.